The summed E-state index contributed by atoms with van der Waals surface area (Å²) in [6.07, 6.45) is 2.25. The number of hydrogen-bond acceptors (Lipinski definition) is 3. The van der Waals surface area contributed by atoms with Crippen LogP contribution in [0.2, 0.25) is 0 Å². The molecule has 0 aliphatic carbocycles. The first-order valence-electron chi connectivity index (χ1n) is 12.5. The lowest BCUT2D eigenvalue weighted by Crippen LogP contribution is -2.62. The third-order valence-electron chi connectivity index (χ3n) is 7.01. The fourth-order valence-electron chi connectivity index (χ4n) is 5.16. The van der Waals surface area contributed by atoms with Gasteiger partial charge in [0, 0.05) is 25.2 Å². The number of benzene rings is 4. The van der Waals surface area contributed by atoms with Crippen LogP contribution >= 0.6 is 0 Å². The van der Waals surface area contributed by atoms with E-state index in [1.807, 2.05) is 29.2 Å². The Morgan fingerprint density at radius 3 is 2.14 bits per heavy atom. The molecule has 4 heteroatoms. The van der Waals surface area contributed by atoms with E-state index < -0.39 is 6.04 Å². The van der Waals surface area contributed by atoms with Crippen LogP contribution in [0.15, 0.2) is 103 Å². The van der Waals surface area contributed by atoms with Gasteiger partial charge in [-0.3, -0.25) is 4.79 Å². The second-order valence-corrected chi connectivity index (χ2v) is 9.62. The van der Waals surface area contributed by atoms with Crippen molar-refractivity contribution in [3.63, 3.8) is 0 Å². The van der Waals surface area contributed by atoms with Gasteiger partial charge in [0.1, 0.15) is 0 Å². The molecule has 3 atom stereocenters. The minimum Gasteiger partial charge on any atom is -0.335 e. The van der Waals surface area contributed by atoms with Crippen LogP contribution in [0.1, 0.15) is 16.7 Å². The maximum absolute atomic E-state index is 13.7. The number of carbonyl (C=O) groups is 1. The Bertz CT molecular complexity index is 1260. The van der Waals surface area contributed by atoms with Gasteiger partial charge in [-0.15, -0.1) is 0 Å². The highest BCUT2D eigenvalue weighted by atomic mass is 16.2. The van der Waals surface area contributed by atoms with Gasteiger partial charge in [-0.25, -0.2) is 0 Å². The third-order valence-corrected chi connectivity index (χ3v) is 7.01. The molecule has 1 heterocycles. The lowest BCUT2D eigenvalue weighted by molar-refractivity contribution is -0.136. The summed E-state index contributed by atoms with van der Waals surface area (Å²) in [7, 11) is 0. The average Bonchev–Trinajstić information content (AvgIpc) is 2.90. The molecular weight excluding hydrogens is 430 g/mol. The van der Waals surface area contributed by atoms with Crippen molar-refractivity contribution in [1.29, 1.82) is 0 Å². The highest BCUT2D eigenvalue weighted by molar-refractivity contribution is 5.84. The number of nitrogens with one attached hydrogen (secondary N) is 1. The summed E-state index contributed by atoms with van der Waals surface area (Å²) in [4.78, 5) is 15.8. The number of fused-ring (bicyclic) bond motifs is 1. The van der Waals surface area contributed by atoms with E-state index in [4.69, 9.17) is 5.73 Å². The topological polar surface area (TPSA) is 58.4 Å². The van der Waals surface area contributed by atoms with Crippen LogP contribution in [0.5, 0.6) is 0 Å². The molecule has 4 aromatic carbocycles. The second kappa shape index (κ2) is 10.9. The summed E-state index contributed by atoms with van der Waals surface area (Å²) in [6, 6.07) is 35.2. The maximum Gasteiger partial charge on any atom is 0.240 e. The fraction of sp³-hybridized carbons (Fsp3) is 0.258. The van der Waals surface area contributed by atoms with Crippen LogP contribution in [-0.4, -0.2) is 42.0 Å². The Hall–Kier alpha value is -3.47. The molecule has 4 aromatic rings. The summed E-state index contributed by atoms with van der Waals surface area (Å²) in [6.45, 7) is 1.43. The van der Waals surface area contributed by atoms with Gasteiger partial charge < -0.3 is 16.0 Å². The van der Waals surface area contributed by atoms with Crippen molar-refractivity contribution in [1.82, 2.24) is 10.2 Å². The Balaban J connectivity index is 1.33. The largest absolute Gasteiger partial charge is 0.335 e. The Labute approximate surface area is 207 Å². The SMILES string of the molecule is N[C@H](Cc1ccc2ccccc2c1)C(=O)N1C[C@H](Cc2ccccc2)NCC1Cc1ccccc1. The van der Waals surface area contributed by atoms with Crippen molar-refractivity contribution in [2.75, 3.05) is 13.1 Å². The maximum atomic E-state index is 13.7. The molecule has 1 unspecified atom stereocenters. The monoisotopic (exact) mass is 463 g/mol. The van der Waals surface area contributed by atoms with Gasteiger partial charge in [0.2, 0.25) is 5.91 Å². The lowest BCUT2D eigenvalue weighted by Gasteiger charge is -2.42. The van der Waals surface area contributed by atoms with Crippen LogP contribution in [0, 0.1) is 0 Å². The Morgan fingerprint density at radius 1 is 0.800 bits per heavy atom. The Kier molecular flexibility index (Phi) is 7.22. The number of amides is 1. The van der Waals surface area contributed by atoms with E-state index in [1.54, 1.807) is 0 Å². The summed E-state index contributed by atoms with van der Waals surface area (Å²) in [5.74, 6) is 0.0404. The summed E-state index contributed by atoms with van der Waals surface area (Å²) >= 11 is 0. The van der Waals surface area contributed by atoms with E-state index in [2.05, 4.69) is 84.2 Å². The molecule has 35 heavy (non-hydrogen) atoms. The van der Waals surface area contributed by atoms with Gasteiger partial charge in [0.15, 0.2) is 0 Å². The molecule has 1 saturated heterocycles. The zero-order valence-electron chi connectivity index (χ0n) is 20.0. The molecular formula is C31H33N3O. The molecule has 0 bridgehead atoms. The van der Waals surface area contributed by atoms with E-state index in [-0.39, 0.29) is 18.0 Å². The number of nitrogens with zero attached hydrogens (tertiary/aromatic N) is 1. The van der Waals surface area contributed by atoms with Crippen molar-refractivity contribution >= 4 is 16.7 Å². The second-order valence-electron chi connectivity index (χ2n) is 9.62. The molecule has 1 fully saturated rings. The Morgan fingerprint density at radius 2 is 1.43 bits per heavy atom. The molecule has 1 amide bonds. The molecule has 3 N–H and O–H groups in total. The van der Waals surface area contributed by atoms with Gasteiger partial charge in [-0.2, -0.15) is 0 Å². The van der Waals surface area contributed by atoms with E-state index in [0.29, 0.717) is 13.0 Å². The van der Waals surface area contributed by atoms with Gasteiger partial charge in [0.25, 0.3) is 0 Å². The smallest absolute Gasteiger partial charge is 0.240 e. The molecule has 1 aliphatic heterocycles. The van der Waals surface area contributed by atoms with Gasteiger partial charge in [-0.05, 0) is 46.7 Å². The quantitative estimate of drug-likeness (QED) is 0.428. The molecule has 0 spiro atoms. The van der Waals surface area contributed by atoms with Crippen LogP contribution in [0.25, 0.3) is 10.8 Å². The highest BCUT2D eigenvalue weighted by Crippen LogP contribution is 2.20. The predicted molar refractivity (Wildman–Crippen MR) is 143 cm³/mol. The molecule has 1 aliphatic rings. The molecule has 0 aromatic heterocycles. The zero-order chi connectivity index (χ0) is 24.0. The summed E-state index contributed by atoms with van der Waals surface area (Å²) < 4.78 is 0. The van der Waals surface area contributed by atoms with Crippen LogP contribution in [-0.2, 0) is 24.1 Å². The van der Waals surface area contributed by atoms with Crippen LogP contribution in [0.3, 0.4) is 0 Å². The first-order valence-corrected chi connectivity index (χ1v) is 12.5. The normalized spacial score (nSPS) is 18.9. The minimum absolute atomic E-state index is 0.0404. The van der Waals surface area contributed by atoms with E-state index in [1.165, 1.54) is 21.9 Å². The van der Waals surface area contributed by atoms with E-state index >= 15 is 0 Å². The van der Waals surface area contributed by atoms with Crippen LogP contribution < -0.4 is 11.1 Å². The fourth-order valence-corrected chi connectivity index (χ4v) is 5.16. The lowest BCUT2D eigenvalue weighted by atomic mass is 9.95. The number of carbonyl (C=O) groups excluding carboxylic acids is 1. The third kappa shape index (κ3) is 5.79. The van der Waals surface area contributed by atoms with E-state index in [0.717, 1.165) is 24.9 Å². The summed E-state index contributed by atoms with van der Waals surface area (Å²) in [5.41, 5.74) is 10.2. The summed E-state index contributed by atoms with van der Waals surface area (Å²) in [5, 5.41) is 6.07. The van der Waals surface area contributed by atoms with Gasteiger partial charge >= 0.3 is 0 Å². The van der Waals surface area contributed by atoms with E-state index in [9.17, 15) is 4.79 Å². The van der Waals surface area contributed by atoms with Crippen molar-refractivity contribution in [3.05, 3.63) is 120 Å². The zero-order valence-corrected chi connectivity index (χ0v) is 20.0. The molecule has 178 valence electrons. The minimum atomic E-state index is -0.565. The highest BCUT2D eigenvalue weighted by Gasteiger charge is 2.33. The standard InChI is InChI=1S/C31H33N3O/c32-30(20-25-15-16-26-13-7-8-14-27(26)17-25)31(35)34-22-28(18-23-9-3-1-4-10-23)33-21-29(34)19-24-11-5-2-6-12-24/h1-17,28-30,33H,18-22,32H2/t28-,29?,30+/m0/s1. The number of hydrogen-bond donors (Lipinski definition) is 2. The van der Waals surface area contributed by atoms with Crippen molar-refractivity contribution in [2.45, 2.75) is 37.4 Å². The molecule has 5 rings (SSSR count). The predicted octanol–water partition coefficient (Wildman–Crippen LogP) is 4.36. The van der Waals surface area contributed by atoms with Crippen molar-refractivity contribution in [3.8, 4) is 0 Å². The van der Waals surface area contributed by atoms with Gasteiger partial charge in [0.05, 0.1) is 6.04 Å². The first kappa shape index (κ1) is 23.3. The number of rotatable bonds is 7. The molecule has 0 radical (unpaired) electrons. The average molecular weight is 464 g/mol. The molecule has 4 nitrogen and oxygen atoms in total. The number of piperazine rings is 1. The van der Waals surface area contributed by atoms with Crippen molar-refractivity contribution in [2.24, 2.45) is 5.73 Å². The van der Waals surface area contributed by atoms with Crippen LogP contribution in [0.4, 0.5) is 0 Å². The van der Waals surface area contributed by atoms with Gasteiger partial charge in [-0.1, -0.05) is 103 Å². The first-order chi connectivity index (χ1) is 17.2. The van der Waals surface area contributed by atoms with Crippen molar-refractivity contribution < 1.29 is 4.79 Å². The number of nitrogens with two attached hydrogens (primary N) is 1. The molecule has 0 saturated carbocycles.